The van der Waals surface area contributed by atoms with Gasteiger partial charge >= 0.3 is 0 Å². The third-order valence-corrected chi connectivity index (χ3v) is 6.11. The van der Waals surface area contributed by atoms with E-state index in [1.165, 1.54) is 68.2 Å². The minimum atomic E-state index is -0.697. The summed E-state index contributed by atoms with van der Waals surface area (Å²) in [6, 6.07) is 18.3. The van der Waals surface area contributed by atoms with Crippen LogP contribution in [0.4, 0.5) is 8.78 Å². The highest BCUT2D eigenvalue weighted by Crippen LogP contribution is 2.15. The van der Waals surface area contributed by atoms with E-state index >= 15 is 0 Å². The largest absolute Gasteiger partial charge is 0.205 e. The molecular formula is C33H34F2. The molecule has 3 rings (SSSR count). The summed E-state index contributed by atoms with van der Waals surface area (Å²) in [5.41, 5.74) is 4.11. The normalized spacial score (nSPS) is 10.3. The van der Waals surface area contributed by atoms with Crippen LogP contribution in [0.15, 0.2) is 60.7 Å². The molecular weight excluding hydrogens is 434 g/mol. The van der Waals surface area contributed by atoms with Crippen LogP contribution < -0.4 is 0 Å². The molecule has 0 aliphatic heterocycles. The lowest BCUT2D eigenvalue weighted by atomic mass is 10.0. The zero-order valence-electron chi connectivity index (χ0n) is 20.9. The van der Waals surface area contributed by atoms with Crippen molar-refractivity contribution in [3.63, 3.8) is 0 Å². The Bertz CT molecular complexity index is 1170. The third kappa shape index (κ3) is 8.73. The van der Waals surface area contributed by atoms with Gasteiger partial charge in [-0.15, -0.1) is 0 Å². The van der Waals surface area contributed by atoms with Crippen molar-refractivity contribution in [2.45, 2.75) is 71.6 Å². The van der Waals surface area contributed by atoms with Crippen LogP contribution in [0.5, 0.6) is 0 Å². The van der Waals surface area contributed by atoms with E-state index in [0.29, 0.717) is 5.56 Å². The number of hydrogen-bond donors (Lipinski definition) is 0. The first kappa shape index (κ1) is 26.2. The highest BCUT2D eigenvalue weighted by atomic mass is 19.1. The number of halogens is 2. The van der Waals surface area contributed by atoms with Gasteiger partial charge in [0.1, 0.15) is 11.6 Å². The summed E-state index contributed by atoms with van der Waals surface area (Å²) in [6.07, 6.45) is 11.1. The maximum Gasteiger partial charge on any atom is 0.143 e. The number of unbranched alkanes of at least 4 members (excludes halogenated alkanes) is 6. The van der Waals surface area contributed by atoms with Crippen molar-refractivity contribution in [1.82, 2.24) is 0 Å². The van der Waals surface area contributed by atoms with E-state index in [1.54, 1.807) is 0 Å². The number of aryl methyl sites for hydroxylation is 2. The molecule has 180 valence electrons. The van der Waals surface area contributed by atoms with Gasteiger partial charge in [0.15, 0.2) is 0 Å². The fraction of sp³-hybridized carbons (Fsp3) is 0.333. The van der Waals surface area contributed by atoms with E-state index in [2.05, 4.69) is 49.7 Å². The molecule has 35 heavy (non-hydrogen) atoms. The molecule has 0 amide bonds. The summed E-state index contributed by atoms with van der Waals surface area (Å²) < 4.78 is 29.1. The second kappa shape index (κ2) is 14.1. The molecule has 0 bridgehead atoms. The van der Waals surface area contributed by atoms with E-state index in [1.807, 2.05) is 36.4 Å². The third-order valence-electron chi connectivity index (χ3n) is 6.11. The summed E-state index contributed by atoms with van der Waals surface area (Å²) in [6.45, 7) is 4.31. The minimum Gasteiger partial charge on any atom is -0.205 e. The minimum absolute atomic E-state index is 0.232. The van der Waals surface area contributed by atoms with Gasteiger partial charge in [0.05, 0.1) is 5.56 Å². The fourth-order valence-corrected chi connectivity index (χ4v) is 3.91. The first-order valence-electron chi connectivity index (χ1n) is 12.8. The number of rotatable bonds is 9. The maximum atomic E-state index is 14.5. The molecule has 0 aromatic heterocycles. The molecule has 3 aromatic rings. The second-order valence-corrected chi connectivity index (χ2v) is 8.93. The Morgan fingerprint density at radius 3 is 1.60 bits per heavy atom. The zero-order valence-corrected chi connectivity index (χ0v) is 20.9. The number of benzene rings is 3. The topological polar surface area (TPSA) is 0 Å². The lowest BCUT2D eigenvalue weighted by molar-refractivity contribution is 0.577. The van der Waals surface area contributed by atoms with Crippen LogP contribution >= 0.6 is 0 Å². The lowest BCUT2D eigenvalue weighted by Crippen LogP contribution is -1.93. The van der Waals surface area contributed by atoms with Gasteiger partial charge in [0, 0.05) is 16.7 Å². The summed E-state index contributed by atoms with van der Waals surface area (Å²) >= 11 is 0. The van der Waals surface area contributed by atoms with E-state index in [9.17, 15) is 8.78 Å². The van der Waals surface area contributed by atoms with Crippen LogP contribution in [0.3, 0.4) is 0 Å². The van der Waals surface area contributed by atoms with Gasteiger partial charge in [-0.2, -0.15) is 0 Å². The van der Waals surface area contributed by atoms with Gasteiger partial charge in [-0.3, -0.25) is 0 Å². The molecule has 0 atom stereocenters. The predicted molar refractivity (Wildman–Crippen MR) is 142 cm³/mol. The van der Waals surface area contributed by atoms with E-state index in [4.69, 9.17) is 0 Å². The molecule has 0 saturated heterocycles. The monoisotopic (exact) mass is 468 g/mol. The van der Waals surface area contributed by atoms with Gasteiger partial charge in [0.25, 0.3) is 0 Å². The van der Waals surface area contributed by atoms with Gasteiger partial charge in [-0.05, 0) is 66.8 Å². The Hall–Kier alpha value is -3.36. The summed E-state index contributed by atoms with van der Waals surface area (Å²) in [5.74, 6) is 9.95. The quantitative estimate of drug-likeness (QED) is 0.218. The van der Waals surface area contributed by atoms with Crippen molar-refractivity contribution in [2.24, 2.45) is 0 Å². The molecule has 0 fully saturated rings. The molecule has 0 N–H and O–H groups in total. The molecule has 0 nitrogen and oxygen atoms in total. The number of hydrogen-bond acceptors (Lipinski definition) is 0. The predicted octanol–water partition coefficient (Wildman–Crippen LogP) is 8.62. The van der Waals surface area contributed by atoms with E-state index in [-0.39, 0.29) is 5.56 Å². The average Bonchev–Trinajstić information content (AvgIpc) is 2.87. The van der Waals surface area contributed by atoms with Gasteiger partial charge < -0.3 is 0 Å². The standard InChI is InChI=1S/C33H34F2/c1-3-5-6-7-8-9-10-11-27-16-18-28(19-17-27)20-21-30-24-32(34)31(33(35)25-30)23-22-29-14-12-26(4-2)13-15-29/h12-19,24-25H,3-11H2,1-2H3. The van der Waals surface area contributed by atoms with Crippen molar-refractivity contribution in [2.75, 3.05) is 0 Å². The molecule has 2 heteroatoms. The van der Waals surface area contributed by atoms with Crippen LogP contribution in [-0.4, -0.2) is 0 Å². The Morgan fingerprint density at radius 2 is 1.03 bits per heavy atom. The highest BCUT2D eigenvalue weighted by molar-refractivity contribution is 5.49. The fourth-order valence-electron chi connectivity index (χ4n) is 3.91. The summed E-state index contributed by atoms with van der Waals surface area (Å²) in [4.78, 5) is 0. The van der Waals surface area contributed by atoms with Crippen molar-refractivity contribution in [1.29, 1.82) is 0 Å². The van der Waals surface area contributed by atoms with E-state index in [0.717, 1.165) is 24.0 Å². The molecule has 0 radical (unpaired) electrons. The first-order chi connectivity index (χ1) is 17.1. The van der Waals surface area contributed by atoms with E-state index < -0.39 is 11.6 Å². The maximum absolute atomic E-state index is 14.5. The van der Waals surface area contributed by atoms with Crippen molar-refractivity contribution in [3.05, 3.63) is 106 Å². The Labute approximate surface area is 209 Å². The van der Waals surface area contributed by atoms with Crippen LogP contribution in [0.2, 0.25) is 0 Å². The Balaban J connectivity index is 1.58. The molecule has 0 spiro atoms. The van der Waals surface area contributed by atoms with Crippen molar-refractivity contribution in [3.8, 4) is 23.7 Å². The van der Waals surface area contributed by atoms with Crippen molar-refractivity contribution >= 4 is 0 Å². The smallest absolute Gasteiger partial charge is 0.143 e. The van der Waals surface area contributed by atoms with Crippen molar-refractivity contribution < 1.29 is 8.78 Å². The second-order valence-electron chi connectivity index (χ2n) is 8.93. The highest BCUT2D eigenvalue weighted by Gasteiger charge is 2.08. The lowest BCUT2D eigenvalue weighted by Gasteiger charge is -2.03. The molecule has 0 heterocycles. The molecule has 3 aromatic carbocycles. The Kier molecular flexibility index (Phi) is 10.6. The Morgan fingerprint density at radius 1 is 0.543 bits per heavy atom. The molecule has 0 aliphatic rings. The molecule has 0 aliphatic carbocycles. The summed E-state index contributed by atoms with van der Waals surface area (Å²) in [5, 5.41) is 0. The van der Waals surface area contributed by atoms with Crippen LogP contribution in [0, 0.1) is 35.3 Å². The average molecular weight is 469 g/mol. The zero-order chi connectivity index (χ0) is 24.9. The molecule has 0 unspecified atom stereocenters. The molecule has 0 saturated carbocycles. The van der Waals surface area contributed by atoms with Crippen LogP contribution in [0.25, 0.3) is 0 Å². The van der Waals surface area contributed by atoms with Gasteiger partial charge in [-0.25, -0.2) is 8.78 Å². The van der Waals surface area contributed by atoms with Crippen LogP contribution in [-0.2, 0) is 12.8 Å². The SMILES string of the molecule is CCCCCCCCCc1ccc(C#Cc2cc(F)c(C#Cc3ccc(CC)cc3)c(F)c2)cc1. The van der Waals surface area contributed by atoms with Gasteiger partial charge in [-0.1, -0.05) is 100 Å². The first-order valence-corrected chi connectivity index (χ1v) is 12.8. The van der Waals surface area contributed by atoms with Gasteiger partial charge in [0.2, 0.25) is 0 Å². The summed E-state index contributed by atoms with van der Waals surface area (Å²) in [7, 11) is 0. The van der Waals surface area contributed by atoms with Crippen LogP contribution in [0.1, 0.15) is 92.2 Å².